The first kappa shape index (κ1) is 14.8. The van der Waals surface area contributed by atoms with Gasteiger partial charge in [0.25, 0.3) is 5.91 Å². The number of aliphatic hydroxyl groups is 1. The second-order valence-electron chi connectivity index (χ2n) is 4.60. The summed E-state index contributed by atoms with van der Waals surface area (Å²) in [6.45, 7) is 3.68. The third kappa shape index (κ3) is 3.94. The average molecular weight is 284 g/mol. The van der Waals surface area contributed by atoms with Crippen molar-refractivity contribution in [2.24, 2.45) is 0 Å². The van der Waals surface area contributed by atoms with Gasteiger partial charge in [0.05, 0.1) is 12.3 Å². The molecule has 1 heterocycles. The van der Waals surface area contributed by atoms with Crippen LogP contribution in [0.25, 0.3) is 0 Å². The van der Waals surface area contributed by atoms with E-state index in [1.54, 1.807) is 19.1 Å². The lowest BCUT2D eigenvalue weighted by molar-refractivity contribution is 0.101. The molecule has 0 saturated carbocycles. The topological polar surface area (TPSA) is 75.4 Å². The van der Waals surface area contributed by atoms with Gasteiger partial charge in [0.15, 0.2) is 5.69 Å². The minimum absolute atomic E-state index is 0.0126. The molecular weight excluding hydrogens is 268 g/mol. The summed E-state index contributed by atoms with van der Waals surface area (Å²) in [5.41, 5.74) is 2.58. The van der Waals surface area contributed by atoms with E-state index in [-0.39, 0.29) is 18.2 Å². The van der Waals surface area contributed by atoms with Crippen LogP contribution in [-0.4, -0.2) is 22.8 Å². The normalized spacial score (nSPS) is 9.86. The van der Waals surface area contributed by atoms with Crippen molar-refractivity contribution in [3.05, 3.63) is 46.8 Å². The number of hydrogen-bond acceptors (Lipinski definition) is 4. The van der Waals surface area contributed by atoms with Crippen molar-refractivity contribution in [3.63, 3.8) is 0 Å². The Morgan fingerprint density at radius 1 is 1.38 bits per heavy atom. The number of nitrogens with one attached hydrogen (secondary N) is 1. The highest BCUT2D eigenvalue weighted by molar-refractivity contribution is 6.03. The van der Waals surface area contributed by atoms with E-state index in [1.165, 1.54) is 0 Å². The van der Waals surface area contributed by atoms with Crippen LogP contribution in [0, 0.1) is 25.7 Å². The quantitative estimate of drug-likeness (QED) is 0.848. The molecule has 5 heteroatoms. The van der Waals surface area contributed by atoms with Crippen LogP contribution in [0.4, 0.5) is 5.69 Å². The zero-order valence-electron chi connectivity index (χ0n) is 11.9. The van der Waals surface area contributed by atoms with Crippen molar-refractivity contribution in [2.45, 2.75) is 20.3 Å². The van der Waals surface area contributed by atoms with Crippen LogP contribution in [0.3, 0.4) is 0 Å². The predicted molar refractivity (Wildman–Crippen MR) is 79.0 cm³/mol. The van der Waals surface area contributed by atoms with Crippen LogP contribution in [-0.2, 0) is 0 Å². The maximum Gasteiger partial charge on any atom is 0.277 e. The fourth-order valence-electron chi connectivity index (χ4n) is 1.74. The smallest absolute Gasteiger partial charge is 0.277 e. The molecule has 21 heavy (non-hydrogen) atoms. The molecule has 0 aliphatic rings. The van der Waals surface area contributed by atoms with Crippen molar-refractivity contribution in [2.75, 3.05) is 11.9 Å². The number of aliphatic hydroxyl groups excluding tert-OH is 1. The number of aromatic nitrogens is 1. The highest BCUT2D eigenvalue weighted by atomic mass is 16.5. The Bertz CT molecular complexity index is 708. The van der Waals surface area contributed by atoms with Crippen LogP contribution < -0.4 is 5.32 Å². The Labute approximate surface area is 123 Å². The highest BCUT2D eigenvalue weighted by Gasteiger charge is 2.12. The molecule has 0 bridgehead atoms. The Kier molecular flexibility index (Phi) is 4.75. The number of benzene rings is 1. The second kappa shape index (κ2) is 6.73. The number of aryl methyl sites for hydroxylation is 2. The lowest BCUT2D eigenvalue weighted by Crippen LogP contribution is -2.13. The van der Waals surface area contributed by atoms with Crippen molar-refractivity contribution < 1.29 is 14.4 Å². The van der Waals surface area contributed by atoms with Crippen molar-refractivity contribution >= 4 is 11.6 Å². The summed E-state index contributed by atoms with van der Waals surface area (Å²) in [7, 11) is 0. The van der Waals surface area contributed by atoms with Gasteiger partial charge >= 0.3 is 0 Å². The largest absolute Gasteiger partial charge is 0.395 e. The summed E-state index contributed by atoms with van der Waals surface area (Å²) in [5.74, 6) is 6.03. The van der Waals surface area contributed by atoms with E-state index in [9.17, 15) is 4.79 Å². The van der Waals surface area contributed by atoms with E-state index < -0.39 is 0 Å². The number of anilines is 1. The lowest BCUT2D eigenvalue weighted by Gasteiger charge is -2.06. The van der Waals surface area contributed by atoms with Crippen LogP contribution >= 0.6 is 0 Å². The van der Waals surface area contributed by atoms with Crippen molar-refractivity contribution in [1.82, 2.24) is 5.16 Å². The van der Waals surface area contributed by atoms with Gasteiger partial charge in [-0.25, -0.2) is 0 Å². The lowest BCUT2D eigenvalue weighted by atomic mass is 10.1. The van der Waals surface area contributed by atoms with E-state index in [1.807, 2.05) is 19.1 Å². The van der Waals surface area contributed by atoms with Gasteiger partial charge in [-0.05, 0) is 31.5 Å². The number of rotatable bonds is 3. The van der Waals surface area contributed by atoms with Crippen LogP contribution in [0.5, 0.6) is 0 Å². The third-order valence-electron chi connectivity index (χ3n) is 2.74. The fourth-order valence-corrected chi connectivity index (χ4v) is 1.74. The molecule has 0 spiro atoms. The molecule has 0 fully saturated rings. The summed E-state index contributed by atoms with van der Waals surface area (Å²) in [5, 5.41) is 15.2. The molecule has 1 amide bonds. The first-order valence-electron chi connectivity index (χ1n) is 6.55. The molecule has 0 aliphatic heterocycles. The van der Waals surface area contributed by atoms with E-state index in [2.05, 4.69) is 22.3 Å². The van der Waals surface area contributed by atoms with E-state index >= 15 is 0 Å². The molecule has 0 unspecified atom stereocenters. The molecule has 2 aromatic rings. The minimum Gasteiger partial charge on any atom is -0.395 e. The molecule has 5 nitrogen and oxygen atoms in total. The molecule has 2 rings (SSSR count). The molecule has 108 valence electrons. The fraction of sp³-hybridized carbons (Fsp3) is 0.250. The molecule has 0 radical (unpaired) electrons. The van der Waals surface area contributed by atoms with Gasteiger partial charge in [0, 0.05) is 18.1 Å². The van der Waals surface area contributed by atoms with Gasteiger partial charge < -0.3 is 14.9 Å². The Hall–Kier alpha value is -2.58. The van der Waals surface area contributed by atoms with E-state index in [0.29, 0.717) is 23.4 Å². The Morgan fingerprint density at radius 3 is 2.86 bits per heavy atom. The maximum atomic E-state index is 12.1. The molecule has 0 aliphatic carbocycles. The first-order valence-corrected chi connectivity index (χ1v) is 6.55. The SMILES string of the molecule is Cc1ccc(NC(=O)c2cc(C)on2)c(C#CCCO)c1. The standard InChI is InChI=1S/C16H16N2O3/c1-11-6-7-14(13(9-11)5-3-4-8-19)17-16(20)15-10-12(2)21-18-15/h6-7,9-10,19H,4,8H2,1-2H3,(H,17,20). The van der Waals surface area contributed by atoms with Gasteiger partial charge in [-0.2, -0.15) is 0 Å². The molecule has 0 atom stereocenters. The van der Waals surface area contributed by atoms with Gasteiger partial charge in [0.2, 0.25) is 0 Å². The van der Waals surface area contributed by atoms with Gasteiger partial charge in [-0.3, -0.25) is 4.79 Å². The van der Waals surface area contributed by atoms with Crippen LogP contribution in [0.15, 0.2) is 28.8 Å². The van der Waals surface area contributed by atoms with Gasteiger partial charge in [-0.15, -0.1) is 0 Å². The molecule has 1 aromatic heterocycles. The zero-order chi connectivity index (χ0) is 15.2. The van der Waals surface area contributed by atoms with Gasteiger partial charge in [-0.1, -0.05) is 23.1 Å². The van der Waals surface area contributed by atoms with Crippen LogP contribution in [0.1, 0.15) is 33.8 Å². The number of carbonyl (C=O) groups excluding carboxylic acids is 1. The van der Waals surface area contributed by atoms with E-state index in [0.717, 1.165) is 5.56 Å². The first-order chi connectivity index (χ1) is 10.1. The number of nitrogens with zero attached hydrogens (tertiary/aromatic N) is 1. The van der Waals surface area contributed by atoms with Crippen molar-refractivity contribution in [1.29, 1.82) is 0 Å². The molecule has 1 aromatic carbocycles. The second-order valence-corrected chi connectivity index (χ2v) is 4.60. The molecule has 0 saturated heterocycles. The highest BCUT2D eigenvalue weighted by Crippen LogP contribution is 2.17. The molecular formula is C16H16N2O3. The summed E-state index contributed by atoms with van der Waals surface area (Å²) in [6.07, 6.45) is 0.393. The summed E-state index contributed by atoms with van der Waals surface area (Å²) in [6, 6.07) is 7.14. The summed E-state index contributed by atoms with van der Waals surface area (Å²) in [4.78, 5) is 12.1. The maximum absolute atomic E-state index is 12.1. The molecule has 2 N–H and O–H groups in total. The third-order valence-corrected chi connectivity index (χ3v) is 2.74. The average Bonchev–Trinajstić information content (AvgIpc) is 2.88. The summed E-state index contributed by atoms with van der Waals surface area (Å²) < 4.78 is 4.89. The summed E-state index contributed by atoms with van der Waals surface area (Å²) >= 11 is 0. The Morgan fingerprint density at radius 2 is 2.19 bits per heavy atom. The van der Waals surface area contributed by atoms with Crippen LogP contribution in [0.2, 0.25) is 0 Å². The predicted octanol–water partition coefficient (Wildman–Crippen LogP) is 2.28. The minimum atomic E-state index is -0.346. The Balaban J connectivity index is 2.23. The number of carbonyl (C=O) groups is 1. The number of amides is 1. The van der Waals surface area contributed by atoms with E-state index in [4.69, 9.17) is 9.63 Å². The van der Waals surface area contributed by atoms with Gasteiger partial charge in [0.1, 0.15) is 5.76 Å². The zero-order valence-corrected chi connectivity index (χ0v) is 11.9. The van der Waals surface area contributed by atoms with Crippen molar-refractivity contribution in [3.8, 4) is 11.8 Å². The monoisotopic (exact) mass is 284 g/mol. The number of hydrogen-bond donors (Lipinski definition) is 2.